The second-order valence-corrected chi connectivity index (χ2v) is 8.66. The van der Waals surface area contributed by atoms with Crippen molar-refractivity contribution >= 4 is 71.1 Å². The number of nitrogens with one attached hydrogen (secondary N) is 2. The highest BCUT2D eigenvalue weighted by atomic mass is 35.5. The number of thioether (sulfide) groups is 1. The summed E-state index contributed by atoms with van der Waals surface area (Å²) in [7, 11) is 3.96. The van der Waals surface area contributed by atoms with E-state index in [4.69, 9.17) is 17.3 Å². The molecular weight excluding hydrogens is 458 g/mol. The Balaban J connectivity index is 1.92. The molecule has 0 bridgehead atoms. The molecule has 0 atom stereocenters. The summed E-state index contributed by atoms with van der Waals surface area (Å²) < 4.78 is 1.08. The lowest BCUT2D eigenvalue weighted by molar-refractivity contribution is -0.113. The van der Waals surface area contributed by atoms with Gasteiger partial charge in [0.2, 0.25) is 11.8 Å². The number of anilines is 3. The Morgan fingerprint density at radius 1 is 1.10 bits per heavy atom. The number of carbonyl (C=O) groups is 3. The third-order valence-electron chi connectivity index (χ3n) is 4.00. The van der Waals surface area contributed by atoms with E-state index in [1.165, 1.54) is 30.0 Å². The zero-order chi connectivity index (χ0) is 23.0. The van der Waals surface area contributed by atoms with Gasteiger partial charge in [0.05, 0.1) is 22.2 Å². The molecule has 8 nitrogen and oxygen atoms in total. The molecule has 4 amide bonds. The first-order valence-electron chi connectivity index (χ1n) is 9.19. The van der Waals surface area contributed by atoms with Crippen molar-refractivity contribution < 1.29 is 14.4 Å². The molecule has 0 radical (unpaired) electrons. The number of amides is 4. The number of hydrogen-bond donors (Lipinski definition) is 4. The van der Waals surface area contributed by atoms with Crippen LogP contribution in [-0.2, 0) is 4.79 Å². The van der Waals surface area contributed by atoms with Crippen molar-refractivity contribution in [2.45, 2.75) is 0 Å². The molecule has 0 unspecified atom stereocenters. The molecule has 0 saturated carbocycles. The van der Waals surface area contributed by atoms with Gasteiger partial charge in [0.25, 0.3) is 0 Å². The van der Waals surface area contributed by atoms with Gasteiger partial charge in [-0.2, -0.15) is 11.8 Å². The Kier molecular flexibility index (Phi) is 9.50. The summed E-state index contributed by atoms with van der Waals surface area (Å²) >= 11 is 12.0. The van der Waals surface area contributed by atoms with Crippen molar-refractivity contribution in [2.24, 2.45) is 5.73 Å². The maximum atomic E-state index is 12.4. The van der Waals surface area contributed by atoms with Gasteiger partial charge in [0.1, 0.15) is 0 Å². The summed E-state index contributed by atoms with van der Waals surface area (Å²) in [5.41, 5.74) is 6.88. The minimum atomic E-state index is -0.560. The van der Waals surface area contributed by atoms with Gasteiger partial charge >= 0.3 is 6.03 Å². The standard InChI is InChI=1S/C20H24ClN5O3S2/c1-25(2)9-10-31-12-18(27)24-17-8-5-14(11-16(17)21)23-20(29)26(30)15-6-3-13(4-7-15)19(22)28/h3-8,11,30H,9-10,12H2,1-2H3,(H2,22,28)(H,23,29)(H,24,27). The fourth-order valence-electron chi connectivity index (χ4n) is 2.35. The minimum absolute atomic E-state index is 0.150. The first-order valence-corrected chi connectivity index (χ1v) is 11.1. The summed E-state index contributed by atoms with van der Waals surface area (Å²) in [5, 5.41) is 5.72. The number of benzene rings is 2. The molecule has 0 aliphatic carbocycles. The van der Waals surface area contributed by atoms with E-state index in [-0.39, 0.29) is 5.91 Å². The van der Waals surface area contributed by atoms with Crippen LogP contribution in [0.15, 0.2) is 42.5 Å². The largest absolute Gasteiger partial charge is 0.366 e. The van der Waals surface area contributed by atoms with Crippen molar-refractivity contribution in [2.75, 3.05) is 47.1 Å². The molecule has 0 spiro atoms. The molecule has 0 aromatic heterocycles. The number of halogens is 1. The van der Waals surface area contributed by atoms with E-state index in [1.54, 1.807) is 24.3 Å². The van der Waals surface area contributed by atoms with Crippen LogP contribution in [-0.4, -0.2) is 54.9 Å². The second-order valence-electron chi connectivity index (χ2n) is 6.75. The van der Waals surface area contributed by atoms with Crippen LogP contribution in [0.5, 0.6) is 0 Å². The van der Waals surface area contributed by atoms with Crippen molar-refractivity contribution in [3.05, 3.63) is 53.1 Å². The average molecular weight is 482 g/mol. The summed E-state index contributed by atoms with van der Waals surface area (Å²) in [4.78, 5) is 37.7. The van der Waals surface area contributed by atoms with Gasteiger partial charge in [0.15, 0.2) is 0 Å². The molecule has 2 aromatic rings. The lowest BCUT2D eigenvalue weighted by Crippen LogP contribution is -2.26. The van der Waals surface area contributed by atoms with E-state index >= 15 is 0 Å². The van der Waals surface area contributed by atoms with Crippen LogP contribution in [0.25, 0.3) is 0 Å². The maximum Gasteiger partial charge on any atom is 0.336 e. The Hall–Kier alpha value is -2.40. The molecule has 31 heavy (non-hydrogen) atoms. The summed E-state index contributed by atoms with van der Waals surface area (Å²) in [6, 6.07) is 10.3. The van der Waals surface area contributed by atoms with Crippen LogP contribution < -0.4 is 20.7 Å². The summed E-state index contributed by atoms with van der Waals surface area (Å²) in [6.07, 6.45) is 0. The van der Waals surface area contributed by atoms with Crippen molar-refractivity contribution in [1.82, 2.24) is 4.90 Å². The fourth-order valence-corrected chi connectivity index (χ4v) is 3.66. The van der Waals surface area contributed by atoms with E-state index in [0.717, 1.165) is 16.6 Å². The molecule has 0 heterocycles. The van der Waals surface area contributed by atoms with Gasteiger partial charge in [-0.25, -0.2) is 9.10 Å². The number of thiol groups is 1. The van der Waals surface area contributed by atoms with Gasteiger partial charge < -0.3 is 21.3 Å². The summed E-state index contributed by atoms with van der Waals surface area (Å²) in [6.45, 7) is 0.893. The molecule has 0 aliphatic rings. The number of carbonyl (C=O) groups excluding carboxylic acids is 3. The fraction of sp³-hybridized carbons (Fsp3) is 0.250. The topological polar surface area (TPSA) is 108 Å². The first kappa shape index (κ1) is 24.9. The van der Waals surface area contributed by atoms with Crippen LogP contribution in [0.3, 0.4) is 0 Å². The molecule has 166 valence electrons. The molecule has 2 aromatic carbocycles. The van der Waals surface area contributed by atoms with Crippen LogP contribution in [0.1, 0.15) is 10.4 Å². The van der Waals surface area contributed by atoms with Crippen LogP contribution >= 0.6 is 36.2 Å². The Labute approximate surface area is 196 Å². The molecular formula is C20H24ClN5O3S2. The average Bonchev–Trinajstić information content (AvgIpc) is 2.72. The molecule has 2 rings (SSSR count). The lowest BCUT2D eigenvalue weighted by atomic mass is 10.2. The van der Waals surface area contributed by atoms with Crippen molar-refractivity contribution in [3.63, 3.8) is 0 Å². The maximum absolute atomic E-state index is 12.4. The highest BCUT2D eigenvalue weighted by molar-refractivity contribution is 7.99. The first-order chi connectivity index (χ1) is 14.7. The van der Waals surface area contributed by atoms with Crippen molar-refractivity contribution in [3.8, 4) is 0 Å². The molecule has 11 heteroatoms. The predicted molar refractivity (Wildman–Crippen MR) is 131 cm³/mol. The number of primary amides is 1. The number of nitrogens with two attached hydrogens (primary N) is 1. The Morgan fingerprint density at radius 2 is 1.77 bits per heavy atom. The smallest absolute Gasteiger partial charge is 0.336 e. The van der Waals surface area contributed by atoms with E-state index in [0.29, 0.717) is 33.4 Å². The van der Waals surface area contributed by atoms with Gasteiger partial charge in [-0.1, -0.05) is 24.4 Å². The number of rotatable bonds is 9. The molecule has 0 fully saturated rings. The molecule has 4 N–H and O–H groups in total. The highest BCUT2D eigenvalue weighted by Gasteiger charge is 2.14. The van der Waals surface area contributed by atoms with E-state index in [1.807, 2.05) is 14.1 Å². The summed E-state index contributed by atoms with van der Waals surface area (Å²) in [5.74, 6) is 0.468. The second kappa shape index (κ2) is 11.8. The van der Waals surface area contributed by atoms with Gasteiger partial charge in [0, 0.05) is 23.5 Å². The van der Waals surface area contributed by atoms with E-state index in [2.05, 4.69) is 28.3 Å². The molecule has 0 saturated heterocycles. The zero-order valence-corrected chi connectivity index (χ0v) is 19.6. The quantitative estimate of drug-likeness (QED) is 0.323. The third-order valence-corrected chi connectivity index (χ3v) is 5.66. The highest BCUT2D eigenvalue weighted by Crippen LogP contribution is 2.27. The van der Waals surface area contributed by atoms with Crippen molar-refractivity contribution in [1.29, 1.82) is 0 Å². The van der Waals surface area contributed by atoms with Crippen LogP contribution in [0.2, 0.25) is 5.02 Å². The predicted octanol–water partition coefficient (Wildman–Crippen LogP) is 3.56. The molecule has 0 aliphatic heterocycles. The van der Waals surface area contributed by atoms with Gasteiger partial charge in [-0.05, 0) is 56.6 Å². The SMILES string of the molecule is CN(C)CCSCC(=O)Nc1ccc(NC(=O)N(S)c2ccc(C(N)=O)cc2)cc1Cl. The van der Waals surface area contributed by atoms with Crippen LogP contribution in [0, 0.1) is 0 Å². The number of hydrogen-bond acceptors (Lipinski definition) is 6. The van der Waals surface area contributed by atoms with E-state index in [9.17, 15) is 14.4 Å². The van der Waals surface area contributed by atoms with E-state index < -0.39 is 11.9 Å². The normalized spacial score (nSPS) is 10.6. The Morgan fingerprint density at radius 3 is 2.35 bits per heavy atom. The van der Waals surface area contributed by atoms with Gasteiger partial charge in [-0.3, -0.25) is 9.59 Å². The number of nitrogens with zero attached hydrogens (tertiary/aromatic N) is 2. The monoisotopic (exact) mass is 481 g/mol. The Bertz CT molecular complexity index is 941. The lowest BCUT2D eigenvalue weighted by Gasteiger charge is -2.17. The number of urea groups is 1. The zero-order valence-electron chi connectivity index (χ0n) is 17.1. The minimum Gasteiger partial charge on any atom is -0.366 e. The third kappa shape index (κ3) is 7.98. The van der Waals surface area contributed by atoms with Gasteiger partial charge in [-0.15, -0.1) is 0 Å². The van der Waals surface area contributed by atoms with Crippen LogP contribution in [0.4, 0.5) is 21.9 Å².